The largest absolute Gasteiger partial charge is 0.348 e. The van der Waals surface area contributed by atoms with Gasteiger partial charge in [0.05, 0.1) is 11.1 Å². The van der Waals surface area contributed by atoms with Crippen LogP contribution >= 0.6 is 0 Å². The van der Waals surface area contributed by atoms with Crippen molar-refractivity contribution < 1.29 is 9.32 Å². The molecule has 2 aromatic rings. The molecule has 0 spiro atoms. The Morgan fingerprint density at radius 1 is 1.33 bits per heavy atom. The van der Waals surface area contributed by atoms with E-state index in [1.54, 1.807) is 13.0 Å². The summed E-state index contributed by atoms with van der Waals surface area (Å²) in [6.45, 7) is 2.21. The van der Waals surface area contributed by atoms with E-state index < -0.39 is 0 Å². The number of rotatable bonds is 5. The zero-order valence-corrected chi connectivity index (χ0v) is 14.0. The number of hydrogen-bond acceptors (Lipinski definition) is 5. The lowest BCUT2D eigenvalue weighted by molar-refractivity contribution is 0.0916. The average molecular weight is 328 g/mol. The first-order valence-corrected chi connectivity index (χ1v) is 8.59. The van der Waals surface area contributed by atoms with Crippen molar-refractivity contribution in [3.8, 4) is 11.5 Å². The van der Waals surface area contributed by atoms with Crippen molar-refractivity contribution in [2.45, 2.75) is 45.1 Å². The Bertz CT molecular complexity index is 692. The minimum Gasteiger partial charge on any atom is -0.348 e. The predicted molar refractivity (Wildman–Crippen MR) is 91.4 cm³/mol. The van der Waals surface area contributed by atoms with Gasteiger partial charge in [0.2, 0.25) is 0 Å². The molecule has 24 heavy (non-hydrogen) atoms. The maximum Gasteiger partial charge on any atom is 0.258 e. The van der Waals surface area contributed by atoms with Gasteiger partial charge in [0.1, 0.15) is 0 Å². The highest BCUT2D eigenvalue weighted by Gasteiger charge is 2.25. The number of benzene rings is 1. The molecule has 1 aliphatic carbocycles. The molecule has 0 bridgehead atoms. The maximum absolute atomic E-state index is 12.8. The molecule has 1 atom stereocenters. The lowest BCUT2D eigenvalue weighted by atomic mass is 9.83. The van der Waals surface area contributed by atoms with Crippen molar-refractivity contribution in [2.75, 3.05) is 6.54 Å². The van der Waals surface area contributed by atoms with Crippen LogP contribution in [-0.2, 0) is 0 Å². The van der Waals surface area contributed by atoms with E-state index in [-0.39, 0.29) is 11.9 Å². The highest BCUT2D eigenvalue weighted by atomic mass is 16.5. The van der Waals surface area contributed by atoms with Gasteiger partial charge in [-0.2, -0.15) is 4.98 Å². The number of carbonyl (C=O) groups excluding carboxylic acids is 1. The number of aryl methyl sites for hydroxylation is 1. The molecular formula is C18H24N4O2. The Morgan fingerprint density at radius 2 is 2.08 bits per heavy atom. The van der Waals surface area contributed by atoms with Crippen LogP contribution in [0.25, 0.3) is 11.5 Å². The van der Waals surface area contributed by atoms with Gasteiger partial charge < -0.3 is 15.6 Å². The number of hydrogen-bond donors (Lipinski definition) is 2. The third-order valence-electron chi connectivity index (χ3n) is 4.72. The van der Waals surface area contributed by atoms with E-state index in [1.165, 1.54) is 19.3 Å². The molecule has 1 aromatic carbocycles. The summed E-state index contributed by atoms with van der Waals surface area (Å²) in [5.74, 6) is 1.23. The molecule has 128 valence electrons. The van der Waals surface area contributed by atoms with Crippen LogP contribution in [0.2, 0.25) is 0 Å². The molecule has 1 heterocycles. The Labute approximate surface area is 141 Å². The summed E-state index contributed by atoms with van der Waals surface area (Å²) in [5.41, 5.74) is 7.11. The van der Waals surface area contributed by atoms with Gasteiger partial charge in [0.25, 0.3) is 11.8 Å². The second kappa shape index (κ2) is 7.57. The van der Waals surface area contributed by atoms with Crippen molar-refractivity contribution in [1.82, 2.24) is 15.5 Å². The Kier molecular flexibility index (Phi) is 5.25. The number of nitrogens with zero attached hydrogens (tertiary/aromatic N) is 2. The van der Waals surface area contributed by atoms with Crippen LogP contribution in [-0.4, -0.2) is 28.6 Å². The first kappa shape index (κ1) is 16.6. The zero-order valence-electron chi connectivity index (χ0n) is 14.0. The number of nitrogens with two attached hydrogens (primary N) is 1. The lowest BCUT2D eigenvalue weighted by Gasteiger charge is -2.30. The number of carbonyl (C=O) groups is 1. The van der Waals surface area contributed by atoms with Gasteiger partial charge in [0.15, 0.2) is 5.82 Å². The van der Waals surface area contributed by atoms with Crippen LogP contribution < -0.4 is 11.1 Å². The second-order valence-corrected chi connectivity index (χ2v) is 6.41. The van der Waals surface area contributed by atoms with E-state index in [4.69, 9.17) is 10.3 Å². The first-order valence-electron chi connectivity index (χ1n) is 8.59. The fraction of sp³-hybridized carbons (Fsp3) is 0.500. The predicted octanol–water partition coefficient (Wildman–Crippen LogP) is 2.68. The molecule has 0 radical (unpaired) electrons. The Morgan fingerprint density at radius 3 is 2.75 bits per heavy atom. The highest BCUT2D eigenvalue weighted by Crippen LogP contribution is 2.27. The van der Waals surface area contributed by atoms with E-state index >= 15 is 0 Å². The summed E-state index contributed by atoms with van der Waals surface area (Å²) in [4.78, 5) is 17.0. The summed E-state index contributed by atoms with van der Waals surface area (Å²) < 4.78 is 5.22. The molecule has 1 amide bonds. The third kappa shape index (κ3) is 3.64. The standard InChI is InChI=1S/C18H24N4O2/c1-12-20-18(24-22-12)15-10-6-5-9-14(15)17(23)21-16(11-19)13-7-3-2-4-8-13/h5-6,9-10,13,16H,2-4,7-8,11,19H2,1H3,(H,21,23). The molecular weight excluding hydrogens is 304 g/mol. The van der Waals surface area contributed by atoms with Gasteiger partial charge in [-0.25, -0.2) is 0 Å². The summed E-state index contributed by atoms with van der Waals surface area (Å²) in [6, 6.07) is 7.29. The monoisotopic (exact) mass is 328 g/mol. The quantitative estimate of drug-likeness (QED) is 0.880. The molecule has 3 N–H and O–H groups in total. The average Bonchev–Trinajstić information content (AvgIpc) is 3.06. The second-order valence-electron chi connectivity index (χ2n) is 6.41. The highest BCUT2D eigenvalue weighted by molar-refractivity contribution is 6.00. The van der Waals surface area contributed by atoms with E-state index in [0.717, 1.165) is 12.8 Å². The van der Waals surface area contributed by atoms with Crippen LogP contribution in [0.1, 0.15) is 48.3 Å². The smallest absolute Gasteiger partial charge is 0.258 e. The molecule has 0 saturated heterocycles. The number of amides is 1. The number of nitrogens with one attached hydrogen (secondary N) is 1. The number of aromatic nitrogens is 2. The van der Waals surface area contributed by atoms with Crippen molar-refractivity contribution in [3.05, 3.63) is 35.7 Å². The van der Waals surface area contributed by atoms with Crippen LogP contribution in [0.4, 0.5) is 0 Å². The molecule has 3 rings (SSSR count). The summed E-state index contributed by atoms with van der Waals surface area (Å²) >= 11 is 0. The van der Waals surface area contributed by atoms with Gasteiger partial charge >= 0.3 is 0 Å². The van der Waals surface area contributed by atoms with Crippen molar-refractivity contribution in [2.24, 2.45) is 11.7 Å². The van der Waals surface area contributed by atoms with Crippen LogP contribution in [0.5, 0.6) is 0 Å². The molecule has 1 aromatic heterocycles. The van der Waals surface area contributed by atoms with Gasteiger partial charge in [-0.05, 0) is 37.8 Å². The van der Waals surface area contributed by atoms with Gasteiger partial charge in [-0.3, -0.25) is 4.79 Å². The van der Waals surface area contributed by atoms with Crippen molar-refractivity contribution in [1.29, 1.82) is 0 Å². The summed E-state index contributed by atoms with van der Waals surface area (Å²) in [6.07, 6.45) is 5.98. The molecule has 1 fully saturated rings. The van der Waals surface area contributed by atoms with Crippen LogP contribution in [0, 0.1) is 12.8 Å². The molecule has 6 nitrogen and oxygen atoms in total. The maximum atomic E-state index is 12.8. The van der Waals surface area contributed by atoms with Crippen LogP contribution in [0.3, 0.4) is 0 Å². The summed E-state index contributed by atoms with van der Waals surface area (Å²) in [5, 5.41) is 6.92. The molecule has 1 unspecified atom stereocenters. The fourth-order valence-corrected chi connectivity index (χ4v) is 3.43. The SMILES string of the molecule is Cc1noc(-c2ccccc2C(=O)NC(CN)C2CCCCC2)n1. The Balaban J connectivity index is 1.79. The lowest BCUT2D eigenvalue weighted by Crippen LogP contribution is -2.46. The molecule has 1 saturated carbocycles. The molecule has 0 aliphatic heterocycles. The minimum absolute atomic E-state index is 0.00952. The van der Waals surface area contributed by atoms with E-state index in [9.17, 15) is 4.79 Å². The molecule has 1 aliphatic rings. The van der Waals surface area contributed by atoms with E-state index in [1.807, 2.05) is 18.2 Å². The minimum atomic E-state index is -0.137. The van der Waals surface area contributed by atoms with Crippen molar-refractivity contribution >= 4 is 5.91 Å². The van der Waals surface area contributed by atoms with Crippen LogP contribution in [0.15, 0.2) is 28.8 Å². The van der Waals surface area contributed by atoms with Gasteiger partial charge in [0, 0.05) is 12.6 Å². The van der Waals surface area contributed by atoms with Gasteiger partial charge in [-0.15, -0.1) is 0 Å². The zero-order chi connectivity index (χ0) is 16.9. The van der Waals surface area contributed by atoms with Gasteiger partial charge in [-0.1, -0.05) is 36.6 Å². The van der Waals surface area contributed by atoms with E-state index in [0.29, 0.717) is 35.3 Å². The Hall–Kier alpha value is -2.21. The van der Waals surface area contributed by atoms with Crippen molar-refractivity contribution in [3.63, 3.8) is 0 Å². The fourth-order valence-electron chi connectivity index (χ4n) is 3.43. The third-order valence-corrected chi connectivity index (χ3v) is 4.72. The van der Waals surface area contributed by atoms with E-state index in [2.05, 4.69) is 15.5 Å². The topological polar surface area (TPSA) is 94.0 Å². The normalized spacial score (nSPS) is 16.8. The molecule has 6 heteroatoms. The summed E-state index contributed by atoms with van der Waals surface area (Å²) in [7, 11) is 0. The first-order chi connectivity index (χ1) is 11.7.